The molecule has 0 amide bonds. The largest absolute Gasteiger partial charge is 0.496 e. The first-order valence-corrected chi connectivity index (χ1v) is 12.2. The molecule has 3 aromatic carbocycles. The Morgan fingerprint density at radius 2 is 1.36 bits per heavy atom. The monoisotopic (exact) mass is 498 g/mol. The Morgan fingerprint density at radius 3 is 1.94 bits per heavy atom. The molecule has 0 fully saturated rings. The Balaban J connectivity index is 2.02. The SMILES string of the molecule is COc1cccc(OC(C)C)c1-c1ccc2c(c1)N(C(C)C)c1c(cccc1C(F)(F)F)N2C(C)C. The van der Waals surface area contributed by atoms with Gasteiger partial charge in [0.05, 0.1) is 47.1 Å². The highest BCUT2D eigenvalue weighted by Crippen LogP contribution is 2.55. The van der Waals surface area contributed by atoms with Gasteiger partial charge >= 0.3 is 6.18 Å². The predicted molar refractivity (Wildman–Crippen MR) is 140 cm³/mol. The van der Waals surface area contributed by atoms with Crippen LogP contribution in [0.25, 0.3) is 11.1 Å². The Labute approximate surface area is 211 Å². The summed E-state index contributed by atoms with van der Waals surface area (Å²) in [5.41, 5.74) is 3.23. The Bertz CT molecular complexity index is 1250. The van der Waals surface area contributed by atoms with E-state index in [0.29, 0.717) is 22.9 Å². The van der Waals surface area contributed by atoms with Gasteiger partial charge in [-0.3, -0.25) is 0 Å². The summed E-state index contributed by atoms with van der Waals surface area (Å²) in [7, 11) is 1.60. The molecule has 0 aliphatic carbocycles. The van der Waals surface area contributed by atoms with Gasteiger partial charge in [0.1, 0.15) is 11.5 Å². The third-order valence-electron chi connectivity index (χ3n) is 6.21. The van der Waals surface area contributed by atoms with Crippen LogP contribution in [0.4, 0.5) is 35.9 Å². The number of halogens is 3. The van der Waals surface area contributed by atoms with Gasteiger partial charge in [-0.05, 0) is 83.5 Å². The molecule has 0 saturated carbocycles. The summed E-state index contributed by atoms with van der Waals surface area (Å²) in [5, 5.41) is 0. The fourth-order valence-corrected chi connectivity index (χ4v) is 4.94. The summed E-state index contributed by atoms with van der Waals surface area (Å²) < 4.78 is 54.5. The molecule has 0 aromatic heterocycles. The molecular formula is C29H33F3N2O2. The number of methoxy groups -OCH3 is 1. The van der Waals surface area contributed by atoms with Crippen LogP contribution in [-0.2, 0) is 6.18 Å². The van der Waals surface area contributed by atoms with Gasteiger partial charge in [-0.25, -0.2) is 0 Å². The summed E-state index contributed by atoms with van der Waals surface area (Å²) in [6, 6.07) is 15.7. The zero-order valence-electron chi connectivity index (χ0n) is 21.8. The van der Waals surface area contributed by atoms with Gasteiger partial charge in [-0.1, -0.05) is 18.2 Å². The molecule has 1 aliphatic heterocycles. The summed E-state index contributed by atoms with van der Waals surface area (Å²) in [4.78, 5) is 3.78. The number of anilines is 4. The van der Waals surface area contributed by atoms with Crippen LogP contribution in [0, 0.1) is 0 Å². The summed E-state index contributed by atoms with van der Waals surface area (Å²) in [6.45, 7) is 11.7. The first kappa shape index (κ1) is 25.7. The molecule has 4 nitrogen and oxygen atoms in total. The molecule has 0 spiro atoms. The van der Waals surface area contributed by atoms with Crippen molar-refractivity contribution < 1.29 is 22.6 Å². The Hall–Kier alpha value is -3.35. The summed E-state index contributed by atoms with van der Waals surface area (Å²) in [6.07, 6.45) is -4.55. The molecule has 36 heavy (non-hydrogen) atoms. The highest BCUT2D eigenvalue weighted by atomic mass is 19.4. The molecule has 1 heterocycles. The second kappa shape index (κ2) is 9.60. The van der Waals surface area contributed by atoms with Crippen LogP contribution in [0.15, 0.2) is 54.6 Å². The van der Waals surface area contributed by atoms with Gasteiger partial charge in [-0.2, -0.15) is 13.2 Å². The van der Waals surface area contributed by atoms with Crippen molar-refractivity contribution in [3.8, 4) is 22.6 Å². The van der Waals surface area contributed by atoms with E-state index in [-0.39, 0.29) is 23.9 Å². The third kappa shape index (κ3) is 4.47. The zero-order valence-corrected chi connectivity index (χ0v) is 21.8. The van der Waals surface area contributed by atoms with E-state index in [1.807, 2.05) is 82.8 Å². The normalized spacial score (nSPS) is 13.4. The minimum absolute atomic E-state index is 0.0571. The summed E-state index contributed by atoms with van der Waals surface area (Å²) in [5.74, 6) is 1.30. The lowest BCUT2D eigenvalue weighted by atomic mass is 9.96. The topological polar surface area (TPSA) is 24.9 Å². The van der Waals surface area contributed by atoms with Crippen molar-refractivity contribution in [3.63, 3.8) is 0 Å². The zero-order chi connectivity index (χ0) is 26.4. The van der Waals surface area contributed by atoms with Gasteiger partial charge in [0, 0.05) is 12.1 Å². The van der Waals surface area contributed by atoms with E-state index in [0.717, 1.165) is 22.9 Å². The Morgan fingerprint density at radius 1 is 0.722 bits per heavy atom. The smallest absolute Gasteiger partial charge is 0.418 e. The van der Waals surface area contributed by atoms with Gasteiger partial charge in [-0.15, -0.1) is 0 Å². The van der Waals surface area contributed by atoms with Crippen molar-refractivity contribution in [1.82, 2.24) is 0 Å². The van der Waals surface area contributed by atoms with Crippen LogP contribution in [0.3, 0.4) is 0 Å². The van der Waals surface area contributed by atoms with Crippen molar-refractivity contribution in [1.29, 1.82) is 0 Å². The van der Waals surface area contributed by atoms with E-state index in [9.17, 15) is 13.2 Å². The van der Waals surface area contributed by atoms with Crippen molar-refractivity contribution in [2.75, 3.05) is 16.9 Å². The highest BCUT2D eigenvalue weighted by Gasteiger charge is 2.41. The van der Waals surface area contributed by atoms with Crippen molar-refractivity contribution >= 4 is 22.7 Å². The lowest BCUT2D eigenvalue weighted by Gasteiger charge is -2.45. The lowest BCUT2D eigenvalue weighted by molar-refractivity contribution is -0.137. The molecule has 0 atom stereocenters. The van der Waals surface area contributed by atoms with E-state index in [1.54, 1.807) is 18.1 Å². The molecular weight excluding hydrogens is 465 g/mol. The molecule has 0 saturated heterocycles. The minimum atomic E-state index is -4.49. The molecule has 7 heteroatoms. The van der Waals surface area contributed by atoms with Gasteiger partial charge in [0.15, 0.2) is 0 Å². The maximum Gasteiger partial charge on any atom is 0.418 e. The quantitative estimate of drug-likeness (QED) is 0.340. The molecule has 0 bridgehead atoms. The number of alkyl halides is 3. The van der Waals surface area contributed by atoms with Gasteiger partial charge < -0.3 is 19.3 Å². The van der Waals surface area contributed by atoms with Crippen LogP contribution in [0.2, 0.25) is 0 Å². The molecule has 4 rings (SSSR count). The minimum Gasteiger partial charge on any atom is -0.496 e. The predicted octanol–water partition coefficient (Wildman–Crippen LogP) is 8.57. The van der Waals surface area contributed by atoms with E-state index in [1.165, 1.54) is 6.07 Å². The standard InChI is InChI=1S/C29H33F3N2O2/c1-17(2)33-22-15-14-20(27-25(35-7)12-9-13-26(27)36-19(5)6)16-24(22)34(18(3)4)28-21(29(30,31)32)10-8-11-23(28)33/h8-19H,1-7H3. The van der Waals surface area contributed by atoms with E-state index < -0.39 is 11.7 Å². The molecule has 0 N–H and O–H groups in total. The highest BCUT2D eigenvalue weighted by molar-refractivity contribution is 5.97. The molecule has 192 valence electrons. The van der Waals surface area contributed by atoms with Crippen molar-refractivity contribution in [3.05, 3.63) is 60.2 Å². The summed E-state index contributed by atoms with van der Waals surface area (Å²) >= 11 is 0. The first-order valence-electron chi connectivity index (χ1n) is 12.2. The fraction of sp³-hybridized carbons (Fsp3) is 0.379. The van der Waals surface area contributed by atoms with Crippen molar-refractivity contribution in [2.45, 2.75) is 65.9 Å². The van der Waals surface area contributed by atoms with Crippen molar-refractivity contribution in [2.24, 2.45) is 0 Å². The number of para-hydroxylation sites is 1. The van der Waals surface area contributed by atoms with Crippen LogP contribution >= 0.6 is 0 Å². The number of hydrogen-bond acceptors (Lipinski definition) is 4. The van der Waals surface area contributed by atoms with E-state index in [2.05, 4.69) is 0 Å². The number of nitrogens with zero attached hydrogens (tertiary/aromatic N) is 2. The maximum atomic E-state index is 14.3. The van der Waals surface area contributed by atoms with Crippen LogP contribution < -0.4 is 19.3 Å². The van der Waals surface area contributed by atoms with Crippen LogP contribution in [0.1, 0.15) is 47.1 Å². The van der Waals surface area contributed by atoms with Crippen LogP contribution in [-0.4, -0.2) is 25.3 Å². The number of fused-ring (bicyclic) bond motifs is 2. The average Bonchev–Trinajstić information content (AvgIpc) is 2.79. The second-order valence-electron chi connectivity index (χ2n) is 9.80. The number of hydrogen-bond donors (Lipinski definition) is 0. The lowest BCUT2D eigenvalue weighted by Crippen LogP contribution is -2.38. The maximum absolute atomic E-state index is 14.3. The average molecular weight is 499 g/mol. The fourth-order valence-electron chi connectivity index (χ4n) is 4.94. The van der Waals surface area contributed by atoms with Gasteiger partial charge in [0.25, 0.3) is 0 Å². The molecule has 3 aromatic rings. The first-order chi connectivity index (χ1) is 17.0. The second-order valence-corrected chi connectivity index (χ2v) is 9.80. The van der Waals surface area contributed by atoms with E-state index in [4.69, 9.17) is 9.47 Å². The Kier molecular flexibility index (Phi) is 6.86. The van der Waals surface area contributed by atoms with Crippen LogP contribution in [0.5, 0.6) is 11.5 Å². The molecule has 0 radical (unpaired) electrons. The van der Waals surface area contributed by atoms with Gasteiger partial charge in [0.2, 0.25) is 0 Å². The molecule has 1 aliphatic rings. The number of ether oxygens (including phenoxy) is 2. The number of rotatable bonds is 6. The van der Waals surface area contributed by atoms with E-state index >= 15 is 0 Å². The molecule has 0 unspecified atom stereocenters. The number of benzene rings is 3. The third-order valence-corrected chi connectivity index (χ3v) is 6.21.